The topological polar surface area (TPSA) is 60.9 Å². The van der Waals surface area contributed by atoms with Gasteiger partial charge in [-0.1, -0.05) is 60.7 Å². The zero-order chi connectivity index (χ0) is 18.4. The molecule has 26 heavy (non-hydrogen) atoms. The van der Waals surface area contributed by atoms with Crippen molar-refractivity contribution in [2.75, 3.05) is 26.0 Å². The molecule has 2 aliphatic heterocycles. The minimum Gasteiger partial charge on any atom is -0.395 e. The molecule has 2 aromatic carbocycles. The van der Waals surface area contributed by atoms with Crippen LogP contribution in [0.1, 0.15) is 17.0 Å². The summed E-state index contributed by atoms with van der Waals surface area (Å²) in [6, 6.07) is 20.3. The van der Waals surface area contributed by atoms with E-state index in [1.165, 1.54) is 21.7 Å². The zero-order valence-electron chi connectivity index (χ0n) is 14.8. The molecule has 2 heterocycles. The van der Waals surface area contributed by atoms with Crippen molar-refractivity contribution in [3.05, 3.63) is 71.8 Å². The van der Waals surface area contributed by atoms with E-state index in [0.717, 1.165) is 0 Å². The van der Waals surface area contributed by atoms with E-state index in [9.17, 15) is 13.5 Å². The molecule has 0 bridgehead atoms. The van der Waals surface area contributed by atoms with E-state index in [4.69, 9.17) is 0 Å². The molecule has 4 rings (SSSR count). The highest BCUT2D eigenvalue weighted by Crippen LogP contribution is 2.54. The lowest BCUT2D eigenvalue weighted by atomic mass is 9.61. The molecule has 0 aliphatic carbocycles. The second-order valence-electron chi connectivity index (χ2n) is 7.39. The average molecular weight is 372 g/mol. The van der Waals surface area contributed by atoms with E-state index < -0.39 is 10.0 Å². The fraction of sp³-hybridized carbons (Fsp3) is 0.400. The smallest absolute Gasteiger partial charge is 0.211 e. The molecule has 0 aromatic heterocycles. The summed E-state index contributed by atoms with van der Waals surface area (Å²) in [6.45, 7) is 1.74. The lowest BCUT2D eigenvalue weighted by Gasteiger charge is -2.70. The Balaban J connectivity index is 1.66. The van der Waals surface area contributed by atoms with Crippen LogP contribution in [0.15, 0.2) is 60.7 Å². The minimum atomic E-state index is -3.20. The van der Waals surface area contributed by atoms with Gasteiger partial charge in [0, 0.05) is 31.6 Å². The number of rotatable bonds is 5. The van der Waals surface area contributed by atoms with Crippen LogP contribution in [0.25, 0.3) is 0 Å². The first-order chi connectivity index (χ1) is 12.5. The number of benzene rings is 2. The van der Waals surface area contributed by atoms with Gasteiger partial charge >= 0.3 is 0 Å². The Labute approximate surface area is 154 Å². The molecule has 5 nitrogen and oxygen atoms in total. The van der Waals surface area contributed by atoms with Gasteiger partial charge in [-0.2, -0.15) is 4.31 Å². The molecule has 1 N–H and O–H groups in total. The number of sulfonamides is 1. The van der Waals surface area contributed by atoms with E-state index in [0.29, 0.717) is 19.6 Å². The van der Waals surface area contributed by atoms with Crippen molar-refractivity contribution < 1.29 is 13.5 Å². The van der Waals surface area contributed by atoms with Crippen molar-refractivity contribution in [3.8, 4) is 0 Å². The Morgan fingerprint density at radius 3 is 2.15 bits per heavy atom. The maximum absolute atomic E-state index is 12.0. The molecule has 2 aromatic rings. The number of hydrogen-bond acceptors (Lipinski definition) is 4. The summed E-state index contributed by atoms with van der Waals surface area (Å²) in [7, 11) is -3.20. The standard InChI is InChI=1S/C20H24N2O3S/c1-26(24,25)21-14-20(15-21)19(17-10-6-3-7-11-17)18(13-23)22(20)12-16-8-4-2-5-9-16/h2-11,18-19,23H,12-15H2,1H3/t18-,19-/m1/s1. The lowest BCUT2D eigenvalue weighted by molar-refractivity contribution is -0.175. The Kier molecular flexibility index (Phi) is 4.39. The van der Waals surface area contributed by atoms with Gasteiger partial charge in [0.05, 0.1) is 18.4 Å². The number of nitrogens with zero attached hydrogens (tertiary/aromatic N) is 2. The van der Waals surface area contributed by atoms with E-state index in [-0.39, 0.29) is 24.1 Å². The van der Waals surface area contributed by atoms with Crippen LogP contribution in [0.2, 0.25) is 0 Å². The van der Waals surface area contributed by atoms with Gasteiger partial charge in [0.15, 0.2) is 0 Å². The SMILES string of the molecule is CS(=O)(=O)N1CC2(C1)[C@H](c1ccccc1)[C@@H](CO)N2Cc1ccccc1. The second-order valence-corrected chi connectivity index (χ2v) is 9.37. The maximum atomic E-state index is 12.0. The number of likely N-dealkylation sites (tertiary alicyclic amines) is 1. The van der Waals surface area contributed by atoms with Crippen LogP contribution in [0, 0.1) is 0 Å². The van der Waals surface area contributed by atoms with Crippen LogP contribution < -0.4 is 0 Å². The molecule has 0 unspecified atom stereocenters. The van der Waals surface area contributed by atoms with Gasteiger partial charge in [-0.05, 0) is 11.1 Å². The summed E-state index contributed by atoms with van der Waals surface area (Å²) in [4.78, 5) is 2.29. The third-order valence-corrected chi connectivity index (χ3v) is 7.04. The van der Waals surface area contributed by atoms with Crippen molar-refractivity contribution in [1.82, 2.24) is 9.21 Å². The van der Waals surface area contributed by atoms with E-state index >= 15 is 0 Å². The molecule has 2 atom stereocenters. The van der Waals surface area contributed by atoms with Gasteiger partial charge in [0.1, 0.15) is 0 Å². The summed E-state index contributed by atoms with van der Waals surface area (Å²) in [6.07, 6.45) is 1.26. The first-order valence-electron chi connectivity index (χ1n) is 8.87. The summed E-state index contributed by atoms with van der Waals surface area (Å²) < 4.78 is 25.5. The van der Waals surface area contributed by atoms with Crippen LogP contribution in [-0.2, 0) is 16.6 Å². The van der Waals surface area contributed by atoms with Gasteiger partial charge in [-0.25, -0.2) is 8.42 Å². The second kappa shape index (κ2) is 6.46. The Morgan fingerprint density at radius 2 is 1.62 bits per heavy atom. The van der Waals surface area contributed by atoms with Gasteiger partial charge in [-0.15, -0.1) is 0 Å². The van der Waals surface area contributed by atoms with Crippen LogP contribution in [0.3, 0.4) is 0 Å². The molecule has 0 saturated carbocycles. The molecule has 2 aliphatic rings. The summed E-state index contributed by atoms with van der Waals surface area (Å²) >= 11 is 0. The quantitative estimate of drug-likeness (QED) is 0.867. The van der Waals surface area contributed by atoms with Crippen molar-refractivity contribution in [1.29, 1.82) is 0 Å². The molecular formula is C20H24N2O3S. The lowest BCUT2D eigenvalue weighted by Crippen LogP contribution is -2.84. The summed E-state index contributed by atoms with van der Waals surface area (Å²) in [5.74, 6) is 0.135. The third kappa shape index (κ3) is 2.77. The van der Waals surface area contributed by atoms with Gasteiger partial charge in [0.2, 0.25) is 10.0 Å². The molecule has 6 heteroatoms. The number of aliphatic hydroxyl groups is 1. The third-order valence-electron chi connectivity index (χ3n) is 5.85. The highest BCUT2D eigenvalue weighted by Gasteiger charge is 2.66. The fourth-order valence-corrected chi connectivity index (χ4v) is 5.51. The minimum absolute atomic E-state index is 0.000633. The molecule has 0 amide bonds. The van der Waals surface area contributed by atoms with Crippen molar-refractivity contribution in [2.45, 2.75) is 24.0 Å². The zero-order valence-corrected chi connectivity index (χ0v) is 15.6. The molecule has 2 saturated heterocycles. The fourth-order valence-electron chi connectivity index (χ4n) is 4.59. The highest BCUT2D eigenvalue weighted by atomic mass is 32.2. The van der Waals surface area contributed by atoms with Crippen molar-refractivity contribution in [3.63, 3.8) is 0 Å². The Morgan fingerprint density at radius 1 is 1.04 bits per heavy atom. The summed E-state index contributed by atoms with van der Waals surface area (Å²) in [5, 5.41) is 10.1. The van der Waals surface area contributed by atoms with Gasteiger partial charge in [-0.3, -0.25) is 4.90 Å². The predicted molar refractivity (Wildman–Crippen MR) is 101 cm³/mol. The van der Waals surface area contributed by atoms with E-state index in [1.54, 1.807) is 0 Å². The molecule has 1 spiro atoms. The normalized spacial score (nSPS) is 25.6. The maximum Gasteiger partial charge on any atom is 0.211 e. The van der Waals surface area contributed by atoms with Crippen molar-refractivity contribution in [2.24, 2.45) is 0 Å². The largest absolute Gasteiger partial charge is 0.395 e. The van der Waals surface area contributed by atoms with Crippen LogP contribution in [0.4, 0.5) is 0 Å². The van der Waals surface area contributed by atoms with E-state index in [1.807, 2.05) is 36.4 Å². The molecular weight excluding hydrogens is 348 g/mol. The Hall–Kier alpha value is -1.73. The first kappa shape index (κ1) is 17.7. The molecule has 0 radical (unpaired) electrons. The van der Waals surface area contributed by atoms with Crippen LogP contribution in [0.5, 0.6) is 0 Å². The molecule has 2 fully saturated rings. The van der Waals surface area contributed by atoms with Crippen LogP contribution in [-0.4, -0.2) is 60.3 Å². The van der Waals surface area contributed by atoms with Crippen LogP contribution >= 0.6 is 0 Å². The highest BCUT2D eigenvalue weighted by molar-refractivity contribution is 7.88. The van der Waals surface area contributed by atoms with Gasteiger partial charge < -0.3 is 5.11 Å². The predicted octanol–water partition coefficient (Wildman–Crippen LogP) is 1.66. The molecule has 138 valence electrons. The first-order valence-corrected chi connectivity index (χ1v) is 10.7. The monoisotopic (exact) mass is 372 g/mol. The average Bonchev–Trinajstić information content (AvgIpc) is 2.58. The Bertz CT molecular complexity index is 864. The van der Waals surface area contributed by atoms with Crippen molar-refractivity contribution >= 4 is 10.0 Å². The summed E-state index contributed by atoms with van der Waals surface area (Å²) in [5.41, 5.74) is 2.10. The number of hydrogen-bond donors (Lipinski definition) is 1. The van der Waals surface area contributed by atoms with Gasteiger partial charge in [0.25, 0.3) is 0 Å². The number of aliphatic hydroxyl groups excluding tert-OH is 1. The van der Waals surface area contributed by atoms with E-state index in [2.05, 4.69) is 29.2 Å².